The van der Waals surface area contributed by atoms with Gasteiger partial charge in [-0.25, -0.2) is 0 Å². The van der Waals surface area contributed by atoms with E-state index in [4.69, 9.17) is 0 Å². The van der Waals surface area contributed by atoms with Gasteiger partial charge < -0.3 is 20.4 Å². The van der Waals surface area contributed by atoms with Gasteiger partial charge in [0.05, 0.1) is 6.54 Å². The van der Waals surface area contributed by atoms with Crippen molar-refractivity contribution in [3.05, 3.63) is 0 Å². The minimum Gasteiger partial charge on any atom is -0.356 e. The van der Waals surface area contributed by atoms with Crippen LogP contribution in [0.3, 0.4) is 0 Å². The van der Waals surface area contributed by atoms with Crippen LogP contribution in [0.1, 0.15) is 33.6 Å². The number of hydrogen-bond acceptors (Lipinski definition) is 3. The lowest BCUT2D eigenvalue weighted by Crippen LogP contribution is -2.49. The predicted octanol–water partition coefficient (Wildman–Crippen LogP) is 1.37. The largest absolute Gasteiger partial charge is 0.356 e. The van der Waals surface area contributed by atoms with E-state index in [0.29, 0.717) is 12.5 Å². The third kappa shape index (κ3) is 9.34. The van der Waals surface area contributed by atoms with E-state index in [2.05, 4.69) is 27.6 Å². The van der Waals surface area contributed by atoms with E-state index in [-0.39, 0.29) is 35.4 Å². The van der Waals surface area contributed by atoms with E-state index in [9.17, 15) is 4.79 Å². The van der Waals surface area contributed by atoms with Crippen LogP contribution < -0.4 is 10.6 Å². The first kappa shape index (κ1) is 22.4. The molecular formula is C16H34IN5O. The number of aliphatic imine (C=N–C) groups is 1. The number of likely N-dealkylation sites (tertiary alicyclic amines) is 1. The maximum absolute atomic E-state index is 12.0. The quantitative estimate of drug-likeness (QED) is 0.395. The number of rotatable bonds is 4. The van der Waals surface area contributed by atoms with Crippen LogP contribution in [-0.4, -0.2) is 74.5 Å². The Labute approximate surface area is 158 Å². The molecule has 0 aromatic carbocycles. The van der Waals surface area contributed by atoms with Crippen molar-refractivity contribution in [2.75, 3.05) is 47.3 Å². The van der Waals surface area contributed by atoms with Crippen molar-refractivity contribution in [1.29, 1.82) is 0 Å². The molecule has 1 unspecified atom stereocenters. The molecule has 1 aliphatic rings. The fourth-order valence-electron chi connectivity index (χ4n) is 2.81. The summed E-state index contributed by atoms with van der Waals surface area (Å²) in [5.74, 6) is 1.43. The molecule has 0 saturated carbocycles. The first-order chi connectivity index (χ1) is 10.2. The molecular weight excluding hydrogens is 405 g/mol. The smallest absolute Gasteiger partial charge is 0.240 e. The molecule has 136 valence electrons. The van der Waals surface area contributed by atoms with Crippen molar-refractivity contribution in [3.63, 3.8) is 0 Å². The van der Waals surface area contributed by atoms with Gasteiger partial charge in [0.1, 0.15) is 0 Å². The summed E-state index contributed by atoms with van der Waals surface area (Å²) in [5.41, 5.74) is -0.207. The Morgan fingerprint density at radius 1 is 1.39 bits per heavy atom. The second-order valence-corrected chi connectivity index (χ2v) is 7.35. The van der Waals surface area contributed by atoms with Gasteiger partial charge in [-0.3, -0.25) is 9.79 Å². The fraction of sp³-hybridized carbons (Fsp3) is 0.875. The molecule has 1 heterocycles. The molecule has 0 radical (unpaired) electrons. The molecule has 1 aliphatic heterocycles. The predicted molar refractivity (Wildman–Crippen MR) is 108 cm³/mol. The summed E-state index contributed by atoms with van der Waals surface area (Å²) in [7, 11) is 5.82. The van der Waals surface area contributed by atoms with Crippen LogP contribution in [0.15, 0.2) is 4.99 Å². The van der Waals surface area contributed by atoms with E-state index in [1.54, 1.807) is 7.05 Å². The Morgan fingerprint density at radius 3 is 2.57 bits per heavy atom. The Bertz CT molecular complexity index is 394. The van der Waals surface area contributed by atoms with Gasteiger partial charge in [-0.1, -0.05) is 0 Å². The number of guanidine groups is 1. The number of hydrogen-bond donors (Lipinski definition) is 2. The second-order valence-electron chi connectivity index (χ2n) is 7.35. The van der Waals surface area contributed by atoms with Crippen LogP contribution in [-0.2, 0) is 4.79 Å². The number of carbonyl (C=O) groups is 1. The average molecular weight is 439 g/mol. The minimum absolute atomic E-state index is 0. The topological polar surface area (TPSA) is 60.0 Å². The molecule has 1 atom stereocenters. The summed E-state index contributed by atoms with van der Waals surface area (Å²) < 4.78 is 0. The number of nitrogens with one attached hydrogen (secondary N) is 2. The molecule has 0 aromatic rings. The van der Waals surface area contributed by atoms with Gasteiger partial charge in [0.2, 0.25) is 5.91 Å². The summed E-state index contributed by atoms with van der Waals surface area (Å²) in [6.45, 7) is 9.48. The van der Waals surface area contributed by atoms with E-state index >= 15 is 0 Å². The first-order valence-electron chi connectivity index (χ1n) is 8.12. The number of piperidine rings is 1. The van der Waals surface area contributed by atoms with Crippen molar-refractivity contribution in [2.24, 2.45) is 10.9 Å². The Morgan fingerprint density at radius 2 is 2.04 bits per heavy atom. The van der Waals surface area contributed by atoms with Crippen LogP contribution in [0.4, 0.5) is 0 Å². The van der Waals surface area contributed by atoms with Gasteiger partial charge in [0.15, 0.2) is 5.96 Å². The molecule has 0 bridgehead atoms. The highest BCUT2D eigenvalue weighted by Crippen LogP contribution is 2.13. The van der Waals surface area contributed by atoms with Crippen molar-refractivity contribution in [1.82, 2.24) is 20.4 Å². The maximum Gasteiger partial charge on any atom is 0.240 e. The molecule has 0 aromatic heterocycles. The lowest BCUT2D eigenvalue weighted by molar-refractivity contribution is -0.122. The Hall–Kier alpha value is -0.570. The molecule has 0 aliphatic carbocycles. The highest BCUT2D eigenvalue weighted by molar-refractivity contribution is 14.0. The second kappa shape index (κ2) is 10.3. The van der Waals surface area contributed by atoms with Crippen LogP contribution in [0.25, 0.3) is 0 Å². The SMILES string of the molecule is CN=C(NCC1CCCN(C)C1)N(C)CC(=O)NC(C)(C)C.I. The van der Waals surface area contributed by atoms with Crippen molar-refractivity contribution in [3.8, 4) is 0 Å². The third-order valence-electron chi connectivity index (χ3n) is 3.74. The first-order valence-corrected chi connectivity index (χ1v) is 8.12. The maximum atomic E-state index is 12.0. The van der Waals surface area contributed by atoms with Gasteiger partial charge in [0.25, 0.3) is 0 Å². The van der Waals surface area contributed by atoms with Crippen LogP contribution in [0.2, 0.25) is 0 Å². The Kier molecular flexibility index (Phi) is 10.1. The standard InChI is InChI=1S/C16H33N5O.HI/c1-16(2,3)19-14(22)12-21(6)15(17-4)18-10-13-8-7-9-20(5)11-13;/h13H,7-12H2,1-6H3,(H,17,18)(H,19,22);1H. The van der Waals surface area contributed by atoms with Crippen molar-refractivity contribution < 1.29 is 4.79 Å². The summed E-state index contributed by atoms with van der Waals surface area (Å²) in [4.78, 5) is 20.5. The van der Waals surface area contributed by atoms with Gasteiger partial charge in [-0.2, -0.15) is 0 Å². The normalized spacial score (nSPS) is 19.7. The number of halogens is 1. The zero-order chi connectivity index (χ0) is 16.8. The molecule has 1 rings (SSSR count). The van der Waals surface area contributed by atoms with E-state index in [0.717, 1.165) is 19.0 Å². The van der Waals surface area contributed by atoms with E-state index in [1.165, 1.54) is 19.4 Å². The summed E-state index contributed by atoms with van der Waals surface area (Å²) in [5, 5.41) is 6.37. The highest BCUT2D eigenvalue weighted by Gasteiger charge is 2.19. The number of carbonyl (C=O) groups excluding carboxylic acids is 1. The van der Waals surface area contributed by atoms with E-state index < -0.39 is 0 Å². The fourth-order valence-corrected chi connectivity index (χ4v) is 2.81. The molecule has 6 nitrogen and oxygen atoms in total. The van der Waals surface area contributed by atoms with E-state index in [1.807, 2.05) is 32.7 Å². The van der Waals surface area contributed by atoms with Crippen molar-refractivity contribution >= 4 is 35.8 Å². The van der Waals surface area contributed by atoms with Crippen LogP contribution >= 0.6 is 24.0 Å². The highest BCUT2D eigenvalue weighted by atomic mass is 127. The molecule has 2 N–H and O–H groups in total. The lowest BCUT2D eigenvalue weighted by Gasteiger charge is -2.31. The Balaban J connectivity index is 0.00000484. The summed E-state index contributed by atoms with van der Waals surface area (Å²) in [6, 6.07) is 0. The van der Waals surface area contributed by atoms with Gasteiger partial charge >= 0.3 is 0 Å². The third-order valence-corrected chi connectivity index (χ3v) is 3.74. The molecule has 23 heavy (non-hydrogen) atoms. The summed E-state index contributed by atoms with van der Waals surface area (Å²) >= 11 is 0. The van der Waals surface area contributed by atoms with Crippen molar-refractivity contribution in [2.45, 2.75) is 39.2 Å². The molecule has 1 amide bonds. The zero-order valence-electron chi connectivity index (χ0n) is 15.5. The van der Waals surface area contributed by atoms with Gasteiger partial charge in [-0.05, 0) is 53.1 Å². The molecule has 1 fully saturated rings. The zero-order valence-corrected chi connectivity index (χ0v) is 17.8. The van der Waals surface area contributed by atoms with Gasteiger partial charge in [-0.15, -0.1) is 24.0 Å². The molecule has 0 spiro atoms. The van der Waals surface area contributed by atoms with Crippen LogP contribution in [0, 0.1) is 5.92 Å². The van der Waals surface area contributed by atoms with Crippen LogP contribution in [0.5, 0.6) is 0 Å². The number of nitrogens with zero attached hydrogens (tertiary/aromatic N) is 3. The molecule has 7 heteroatoms. The lowest BCUT2D eigenvalue weighted by atomic mass is 9.99. The number of likely N-dealkylation sites (N-methyl/N-ethyl adjacent to an activating group) is 1. The minimum atomic E-state index is -0.207. The van der Waals surface area contributed by atoms with Gasteiger partial charge in [0, 0.05) is 32.7 Å². The molecule has 1 saturated heterocycles. The number of amides is 1. The average Bonchev–Trinajstić information content (AvgIpc) is 2.37. The summed E-state index contributed by atoms with van der Waals surface area (Å²) in [6.07, 6.45) is 2.51. The monoisotopic (exact) mass is 439 g/mol.